The molecule has 0 saturated heterocycles. The van der Waals surface area contributed by atoms with Gasteiger partial charge in [-0.1, -0.05) is 25.1 Å². The highest BCUT2D eigenvalue weighted by molar-refractivity contribution is 9.10. The number of nitrogens with two attached hydrogens (primary N) is 1. The van der Waals surface area contributed by atoms with E-state index in [0.29, 0.717) is 18.9 Å². The van der Waals surface area contributed by atoms with Crippen molar-refractivity contribution >= 4 is 44.7 Å². The van der Waals surface area contributed by atoms with Crippen molar-refractivity contribution in [2.45, 2.75) is 25.7 Å². The Morgan fingerprint density at radius 3 is 2.45 bits per heavy atom. The molecule has 3 N–H and O–H groups in total. The number of hydrogen-bond donors (Lipinski definition) is 2. The third kappa shape index (κ3) is 2.69. The number of halogens is 3. The van der Waals surface area contributed by atoms with Crippen LogP contribution in [0, 0.1) is 17.0 Å². The maximum atomic E-state index is 13.7. The summed E-state index contributed by atoms with van der Waals surface area (Å²) < 4.78 is 26.9. The Kier molecular flexibility index (Phi) is 4.39. The van der Waals surface area contributed by atoms with Gasteiger partial charge in [-0.2, -0.15) is 0 Å². The molecule has 0 aromatic heterocycles. The van der Waals surface area contributed by atoms with Gasteiger partial charge in [0.15, 0.2) is 5.82 Å². The van der Waals surface area contributed by atoms with Crippen molar-refractivity contribution < 1.29 is 13.6 Å². The number of carbonyl (C=O) groups excluding carboxylic acids is 1. The van der Waals surface area contributed by atoms with Gasteiger partial charge in [-0.15, -0.1) is 0 Å². The van der Waals surface area contributed by atoms with E-state index < -0.39 is 23.0 Å². The zero-order chi connectivity index (χ0) is 14.9. The molecular weight excluding hydrogens is 350 g/mol. The second-order valence-corrected chi connectivity index (χ2v) is 6.15. The normalized spacial score (nSPS) is 16.9. The molecule has 20 heavy (non-hydrogen) atoms. The molecule has 2 rings (SSSR count). The number of anilines is 1. The largest absolute Gasteiger partial charge is 0.392 e. The maximum Gasteiger partial charge on any atom is 0.237 e. The molecule has 0 atom stereocenters. The lowest BCUT2D eigenvalue weighted by molar-refractivity contribution is -0.122. The number of rotatable bonds is 3. The lowest BCUT2D eigenvalue weighted by Crippen LogP contribution is -2.44. The number of nitrogens with one attached hydrogen (secondary N) is 1. The highest BCUT2D eigenvalue weighted by Gasteiger charge is 2.44. The Morgan fingerprint density at radius 1 is 1.35 bits per heavy atom. The van der Waals surface area contributed by atoms with E-state index in [-0.39, 0.29) is 15.1 Å². The zero-order valence-electron chi connectivity index (χ0n) is 10.5. The van der Waals surface area contributed by atoms with Crippen molar-refractivity contribution in [3.63, 3.8) is 0 Å². The van der Waals surface area contributed by atoms with Gasteiger partial charge in [0.05, 0.1) is 16.1 Å². The standard InChI is InChI=1S/C13H13BrF2N2OS/c14-8-5-7(15)6-9(16)10(8)18-12(19)13(11(17)20)3-1-2-4-13/h5-6H,1-4H2,(H2,17,20)(H,18,19). The smallest absolute Gasteiger partial charge is 0.237 e. The van der Waals surface area contributed by atoms with E-state index in [1.807, 2.05) is 0 Å². The van der Waals surface area contributed by atoms with Gasteiger partial charge in [0, 0.05) is 10.5 Å². The molecular formula is C13H13BrF2N2OS. The van der Waals surface area contributed by atoms with Crippen molar-refractivity contribution in [2.75, 3.05) is 5.32 Å². The molecule has 0 heterocycles. The molecule has 1 saturated carbocycles. The van der Waals surface area contributed by atoms with E-state index in [2.05, 4.69) is 21.2 Å². The Hall–Kier alpha value is -1.08. The minimum absolute atomic E-state index is 0.0982. The van der Waals surface area contributed by atoms with E-state index in [4.69, 9.17) is 18.0 Å². The van der Waals surface area contributed by atoms with Crippen LogP contribution in [0.25, 0.3) is 0 Å². The molecule has 1 amide bonds. The Morgan fingerprint density at radius 2 is 1.95 bits per heavy atom. The summed E-state index contributed by atoms with van der Waals surface area (Å²) in [5.74, 6) is -2.01. The fourth-order valence-corrected chi connectivity index (χ4v) is 3.26. The summed E-state index contributed by atoms with van der Waals surface area (Å²) in [5, 5.41) is 2.47. The molecule has 0 spiro atoms. The fraction of sp³-hybridized carbons (Fsp3) is 0.385. The predicted octanol–water partition coefficient (Wildman–Crippen LogP) is 3.51. The Balaban J connectivity index is 2.30. The van der Waals surface area contributed by atoms with Gasteiger partial charge in [-0.25, -0.2) is 8.78 Å². The summed E-state index contributed by atoms with van der Waals surface area (Å²) >= 11 is 8.03. The minimum Gasteiger partial charge on any atom is -0.392 e. The fourth-order valence-electron chi connectivity index (χ4n) is 2.46. The van der Waals surface area contributed by atoms with Crippen LogP contribution >= 0.6 is 28.1 Å². The third-order valence-corrected chi connectivity index (χ3v) is 4.62. The molecule has 108 valence electrons. The van der Waals surface area contributed by atoms with Crippen LogP contribution in [-0.4, -0.2) is 10.9 Å². The topological polar surface area (TPSA) is 55.1 Å². The van der Waals surface area contributed by atoms with Crippen molar-refractivity contribution in [1.82, 2.24) is 0 Å². The van der Waals surface area contributed by atoms with E-state index in [0.717, 1.165) is 18.9 Å². The van der Waals surface area contributed by atoms with E-state index in [9.17, 15) is 13.6 Å². The molecule has 0 bridgehead atoms. The second kappa shape index (κ2) is 5.73. The minimum atomic E-state index is -0.935. The highest BCUT2D eigenvalue weighted by Crippen LogP contribution is 2.40. The van der Waals surface area contributed by atoms with Gasteiger partial charge in [0.1, 0.15) is 5.82 Å². The van der Waals surface area contributed by atoms with Crippen molar-refractivity contribution in [3.8, 4) is 0 Å². The summed E-state index contributed by atoms with van der Waals surface area (Å²) in [4.78, 5) is 12.5. The van der Waals surface area contributed by atoms with Gasteiger partial charge in [-0.3, -0.25) is 4.79 Å². The van der Waals surface area contributed by atoms with Crippen LogP contribution in [0.1, 0.15) is 25.7 Å². The van der Waals surface area contributed by atoms with Crippen LogP contribution in [-0.2, 0) is 4.79 Å². The lowest BCUT2D eigenvalue weighted by Gasteiger charge is -2.26. The number of carbonyl (C=O) groups is 1. The van der Waals surface area contributed by atoms with Crippen molar-refractivity contribution in [1.29, 1.82) is 0 Å². The van der Waals surface area contributed by atoms with Crippen LogP contribution in [0.3, 0.4) is 0 Å². The number of hydrogen-bond acceptors (Lipinski definition) is 2. The average molecular weight is 363 g/mol. The van der Waals surface area contributed by atoms with Crippen LogP contribution in [0.15, 0.2) is 16.6 Å². The number of thiocarbonyl (C=S) groups is 1. The molecule has 0 radical (unpaired) electrons. The first kappa shape index (κ1) is 15.3. The average Bonchev–Trinajstić information content (AvgIpc) is 2.83. The molecule has 1 aliphatic rings. The highest BCUT2D eigenvalue weighted by atomic mass is 79.9. The SMILES string of the molecule is NC(=S)C1(C(=O)Nc2c(F)cc(F)cc2Br)CCCC1. The quantitative estimate of drug-likeness (QED) is 0.809. The molecule has 7 heteroatoms. The number of amides is 1. The van der Waals surface area contributed by atoms with Crippen LogP contribution < -0.4 is 11.1 Å². The molecule has 1 aliphatic carbocycles. The molecule has 1 aromatic rings. The first-order chi connectivity index (χ1) is 9.36. The van der Waals surface area contributed by atoms with Gasteiger partial charge < -0.3 is 11.1 Å². The Bertz CT molecular complexity index is 550. The van der Waals surface area contributed by atoms with Gasteiger partial charge in [0.25, 0.3) is 0 Å². The molecule has 1 fully saturated rings. The van der Waals surface area contributed by atoms with Gasteiger partial charge in [-0.05, 0) is 34.8 Å². The second-order valence-electron chi connectivity index (χ2n) is 4.85. The summed E-state index contributed by atoms with van der Waals surface area (Å²) in [6.45, 7) is 0. The van der Waals surface area contributed by atoms with Gasteiger partial charge in [0.2, 0.25) is 5.91 Å². The summed E-state index contributed by atoms with van der Waals surface area (Å²) in [6, 6.07) is 1.79. The van der Waals surface area contributed by atoms with Crippen molar-refractivity contribution in [3.05, 3.63) is 28.2 Å². The third-order valence-electron chi connectivity index (χ3n) is 3.61. The molecule has 1 aromatic carbocycles. The van der Waals surface area contributed by atoms with Crippen molar-refractivity contribution in [2.24, 2.45) is 11.1 Å². The summed E-state index contributed by atoms with van der Waals surface area (Å²) in [6.07, 6.45) is 2.79. The van der Waals surface area contributed by atoms with Crippen LogP contribution in [0.5, 0.6) is 0 Å². The van der Waals surface area contributed by atoms with Crippen LogP contribution in [0.4, 0.5) is 14.5 Å². The van der Waals surface area contributed by atoms with Crippen LogP contribution in [0.2, 0.25) is 0 Å². The molecule has 0 aliphatic heterocycles. The first-order valence-electron chi connectivity index (χ1n) is 6.13. The zero-order valence-corrected chi connectivity index (χ0v) is 12.9. The van der Waals surface area contributed by atoms with Gasteiger partial charge >= 0.3 is 0 Å². The first-order valence-corrected chi connectivity index (χ1v) is 7.33. The maximum absolute atomic E-state index is 13.7. The predicted molar refractivity (Wildman–Crippen MR) is 80.4 cm³/mol. The van der Waals surface area contributed by atoms with E-state index >= 15 is 0 Å². The lowest BCUT2D eigenvalue weighted by atomic mass is 9.85. The Labute approximate surface area is 129 Å². The van der Waals surface area contributed by atoms with E-state index in [1.54, 1.807) is 0 Å². The number of benzene rings is 1. The monoisotopic (exact) mass is 362 g/mol. The molecule has 3 nitrogen and oxygen atoms in total. The van der Waals surface area contributed by atoms with E-state index in [1.165, 1.54) is 0 Å². The summed E-state index contributed by atoms with van der Waals surface area (Å²) in [7, 11) is 0. The summed E-state index contributed by atoms with van der Waals surface area (Å²) in [5.41, 5.74) is 4.66. The molecule has 0 unspecified atom stereocenters.